The van der Waals surface area contributed by atoms with Crippen LogP contribution in [0.4, 0.5) is 0 Å². The summed E-state index contributed by atoms with van der Waals surface area (Å²) in [5.41, 5.74) is 1.27. The molecule has 0 spiro atoms. The maximum atomic E-state index is 12.6. The fourth-order valence-electron chi connectivity index (χ4n) is 1.90. The van der Waals surface area contributed by atoms with Crippen LogP contribution in [0.15, 0.2) is 53.0 Å². The van der Waals surface area contributed by atoms with Crippen LogP contribution < -0.4 is 4.74 Å². The summed E-state index contributed by atoms with van der Waals surface area (Å²) in [6, 6.07) is 14.8. The molecule has 0 unspecified atom stereocenters. The average molecular weight is 333 g/mol. The first-order valence-corrected chi connectivity index (χ1v) is 7.54. The number of carbonyl (C=O) groups excluding carboxylic acids is 1. The molecule has 2 nitrogen and oxygen atoms in total. The van der Waals surface area contributed by atoms with Gasteiger partial charge in [-0.1, -0.05) is 49.7 Å². The van der Waals surface area contributed by atoms with Crippen molar-refractivity contribution in [3.8, 4) is 5.75 Å². The summed E-state index contributed by atoms with van der Waals surface area (Å²) in [7, 11) is 0. The van der Waals surface area contributed by atoms with Crippen molar-refractivity contribution in [2.45, 2.75) is 19.8 Å². The van der Waals surface area contributed by atoms with Crippen molar-refractivity contribution < 1.29 is 9.53 Å². The molecule has 0 saturated heterocycles. The van der Waals surface area contributed by atoms with E-state index in [1.165, 1.54) is 0 Å². The molecular formula is C17H17BrO2. The van der Waals surface area contributed by atoms with Crippen LogP contribution in [-0.2, 0) is 0 Å². The minimum absolute atomic E-state index is 0.0154. The molecule has 0 aliphatic heterocycles. The van der Waals surface area contributed by atoms with Crippen LogP contribution in [0.25, 0.3) is 0 Å². The van der Waals surface area contributed by atoms with Gasteiger partial charge >= 0.3 is 0 Å². The predicted molar refractivity (Wildman–Crippen MR) is 84.4 cm³/mol. The predicted octanol–water partition coefficient (Wildman–Crippen LogP) is 4.86. The molecule has 0 heterocycles. The highest BCUT2D eigenvalue weighted by molar-refractivity contribution is 9.10. The van der Waals surface area contributed by atoms with Crippen LogP contribution in [-0.4, -0.2) is 12.4 Å². The summed E-state index contributed by atoms with van der Waals surface area (Å²) in [4.78, 5) is 12.6. The molecule has 0 radical (unpaired) electrons. The fourth-order valence-corrected chi connectivity index (χ4v) is 2.38. The van der Waals surface area contributed by atoms with E-state index in [2.05, 4.69) is 22.9 Å². The zero-order valence-corrected chi connectivity index (χ0v) is 13.0. The van der Waals surface area contributed by atoms with Gasteiger partial charge in [0.25, 0.3) is 0 Å². The molecule has 0 fully saturated rings. The number of benzene rings is 2. The van der Waals surface area contributed by atoms with Gasteiger partial charge in [-0.2, -0.15) is 0 Å². The third kappa shape index (κ3) is 3.48. The smallest absolute Gasteiger partial charge is 0.196 e. The van der Waals surface area contributed by atoms with E-state index in [9.17, 15) is 4.79 Å². The van der Waals surface area contributed by atoms with E-state index in [1.807, 2.05) is 42.5 Å². The molecular weight excluding hydrogens is 316 g/mol. The lowest BCUT2D eigenvalue weighted by atomic mass is 10.0. The number of para-hydroxylation sites is 1. The summed E-state index contributed by atoms with van der Waals surface area (Å²) in [6.07, 6.45) is 2.03. The second-order valence-electron chi connectivity index (χ2n) is 4.51. The number of rotatable bonds is 6. The monoisotopic (exact) mass is 332 g/mol. The largest absolute Gasteiger partial charge is 0.492 e. The molecule has 2 aromatic carbocycles. The Morgan fingerprint density at radius 2 is 1.85 bits per heavy atom. The number of unbranched alkanes of at least 4 members (excludes halogenated alkanes) is 1. The third-order valence-corrected chi connectivity index (χ3v) is 3.62. The Morgan fingerprint density at radius 3 is 2.55 bits per heavy atom. The number of ketones is 1. The van der Waals surface area contributed by atoms with Crippen molar-refractivity contribution in [1.82, 2.24) is 0 Å². The highest BCUT2D eigenvalue weighted by Crippen LogP contribution is 2.31. The van der Waals surface area contributed by atoms with Crippen LogP contribution in [0.3, 0.4) is 0 Å². The van der Waals surface area contributed by atoms with E-state index < -0.39 is 0 Å². The van der Waals surface area contributed by atoms with Crippen molar-refractivity contribution >= 4 is 21.7 Å². The molecule has 3 heteroatoms. The van der Waals surface area contributed by atoms with Crippen molar-refractivity contribution in [3.63, 3.8) is 0 Å². The van der Waals surface area contributed by atoms with Crippen molar-refractivity contribution in [1.29, 1.82) is 0 Å². The van der Waals surface area contributed by atoms with Crippen molar-refractivity contribution in [2.24, 2.45) is 0 Å². The molecule has 0 saturated carbocycles. The number of hydrogen-bond acceptors (Lipinski definition) is 2. The Labute approximate surface area is 127 Å². The molecule has 0 N–H and O–H groups in total. The standard InChI is InChI=1S/C17H17BrO2/c1-2-3-12-20-17-14(10-7-11-15(17)18)16(19)13-8-5-4-6-9-13/h4-11H,2-3,12H2,1H3. The zero-order chi connectivity index (χ0) is 14.4. The fraction of sp³-hybridized carbons (Fsp3) is 0.235. The Morgan fingerprint density at radius 1 is 1.10 bits per heavy atom. The van der Waals surface area contributed by atoms with E-state index in [4.69, 9.17) is 4.74 Å². The lowest BCUT2D eigenvalue weighted by molar-refractivity contribution is 0.103. The molecule has 0 atom stereocenters. The van der Waals surface area contributed by atoms with Gasteiger partial charge in [-0.15, -0.1) is 0 Å². The van der Waals surface area contributed by atoms with Crippen molar-refractivity contribution in [2.75, 3.05) is 6.61 Å². The van der Waals surface area contributed by atoms with Gasteiger partial charge < -0.3 is 4.74 Å². The Balaban J connectivity index is 2.31. The Kier molecular flexibility index (Phi) is 5.36. The van der Waals surface area contributed by atoms with E-state index in [-0.39, 0.29) is 5.78 Å². The molecule has 2 aromatic rings. The van der Waals surface area contributed by atoms with Gasteiger partial charge in [-0.25, -0.2) is 0 Å². The SMILES string of the molecule is CCCCOc1c(Br)cccc1C(=O)c1ccccc1. The zero-order valence-electron chi connectivity index (χ0n) is 11.4. The summed E-state index contributed by atoms with van der Waals surface area (Å²) < 4.78 is 6.60. The lowest BCUT2D eigenvalue weighted by Crippen LogP contribution is -2.07. The second kappa shape index (κ2) is 7.25. The van der Waals surface area contributed by atoms with Crippen molar-refractivity contribution in [3.05, 3.63) is 64.1 Å². The van der Waals surface area contributed by atoms with Gasteiger partial charge in [0.05, 0.1) is 16.6 Å². The molecule has 0 amide bonds. The number of ether oxygens (including phenoxy) is 1. The Bertz CT molecular complexity index is 579. The maximum Gasteiger partial charge on any atom is 0.196 e. The number of halogens is 1. The Hall–Kier alpha value is -1.61. The van der Waals surface area contributed by atoms with E-state index in [1.54, 1.807) is 6.07 Å². The van der Waals surface area contributed by atoms with Gasteiger partial charge in [0.1, 0.15) is 5.75 Å². The van der Waals surface area contributed by atoms with E-state index in [0.29, 0.717) is 23.5 Å². The molecule has 0 aromatic heterocycles. The first kappa shape index (κ1) is 14.8. The molecule has 0 aliphatic carbocycles. The minimum Gasteiger partial charge on any atom is -0.492 e. The van der Waals surface area contributed by atoms with Gasteiger partial charge in [-0.05, 0) is 34.5 Å². The quantitative estimate of drug-likeness (QED) is 0.557. The highest BCUT2D eigenvalue weighted by Gasteiger charge is 2.16. The second-order valence-corrected chi connectivity index (χ2v) is 5.37. The van der Waals surface area contributed by atoms with Crippen LogP contribution >= 0.6 is 15.9 Å². The van der Waals surface area contributed by atoms with Crippen LogP contribution in [0.1, 0.15) is 35.7 Å². The van der Waals surface area contributed by atoms with Crippen LogP contribution in [0.5, 0.6) is 5.75 Å². The van der Waals surface area contributed by atoms with Crippen LogP contribution in [0, 0.1) is 0 Å². The molecule has 0 aliphatic rings. The number of carbonyl (C=O) groups is 1. The van der Waals surface area contributed by atoms with Gasteiger partial charge in [0.2, 0.25) is 0 Å². The summed E-state index contributed by atoms with van der Waals surface area (Å²) in [5, 5.41) is 0. The molecule has 0 bridgehead atoms. The first-order valence-electron chi connectivity index (χ1n) is 6.75. The molecule has 104 valence electrons. The summed E-state index contributed by atoms with van der Waals surface area (Å²) >= 11 is 3.46. The van der Waals surface area contributed by atoms with Crippen LogP contribution in [0.2, 0.25) is 0 Å². The van der Waals surface area contributed by atoms with E-state index >= 15 is 0 Å². The van der Waals surface area contributed by atoms with E-state index in [0.717, 1.165) is 17.3 Å². The molecule has 2 rings (SSSR count). The minimum atomic E-state index is -0.0154. The number of hydrogen-bond donors (Lipinski definition) is 0. The van der Waals surface area contributed by atoms with Gasteiger partial charge in [-0.3, -0.25) is 4.79 Å². The van der Waals surface area contributed by atoms with Gasteiger partial charge in [0, 0.05) is 5.56 Å². The average Bonchev–Trinajstić information content (AvgIpc) is 2.49. The lowest BCUT2D eigenvalue weighted by Gasteiger charge is -2.12. The highest BCUT2D eigenvalue weighted by atomic mass is 79.9. The van der Waals surface area contributed by atoms with Gasteiger partial charge in [0.15, 0.2) is 5.78 Å². The summed E-state index contributed by atoms with van der Waals surface area (Å²) in [6.45, 7) is 2.73. The molecule has 20 heavy (non-hydrogen) atoms. The summed E-state index contributed by atoms with van der Waals surface area (Å²) in [5.74, 6) is 0.619. The first-order chi connectivity index (χ1) is 9.74. The maximum absolute atomic E-state index is 12.6. The topological polar surface area (TPSA) is 26.3 Å². The third-order valence-electron chi connectivity index (χ3n) is 2.99. The normalized spacial score (nSPS) is 10.3.